The maximum atomic E-state index is 11.1. The molecule has 4 heteroatoms. The molecule has 0 bridgehead atoms. The summed E-state index contributed by atoms with van der Waals surface area (Å²) < 4.78 is 2.04. The zero-order valence-corrected chi connectivity index (χ0v) is 10.3. The number of carboxylic acids is 1. The first-order valence-corrected chi connectivity index (χ1v) is 5.76. The van der Waals surface area contributed by atoms with E-state index in [4.69, 9.17) is 5.11 Å². The average molecular weight is 232 g/mol. The third kappa shape index (κ3) is 1.79. The first kappa shape index (κ1) is 11.6. The van der Waals surface area contributed by atoms with Gasteiger partial charge in [-0.2, -0.15) is 0 Å². The van der Waals surface area contributed by atoms with Gasteiger partial charge in [0, 0.05) is 12.1 Å². The van der Waals surface area contributed by atoms with E-state index in [-0.39, 0.29) is 0 Å². The van der Waals surface area contributed by atoms with Crippen molar-refractivity contribution >= 4 is 11.5 Å². The van der Waals surface area contributed by atoms with Gasteiger partial charge in [-0.25, -0.2) is 4.98 Å². The largest absolute Gasteiger partial charge is 0.481 e. The van der Waals surface area contributed by atoms with Crippen molar-refractivity contribution < 1.29 is 9.90 Å². The molecular formula is C13H16N2O2. The number of pyridine rings is 1. The Hall–Kier alpha value is -1.84. The number of nitrogens with zero attached hydrogens (tertiary/aromatic N) is 2. The van der Waals surface area contributed by atoms with E-state index in [9.17, 15) is 4.79 Å². The van der Waals surface area contributed by atoms with Gasteiger partial charge in [-0.3, -0.25) is 4.79 Å². The average Bonchev–Trinajstić information content (AvgIpc) is 2.68. The van der Waals surface area contributed by atoms with E-state index in [1.807, 2.05) is 36.4 Å². The number of carboxylic acid groups (broad SMARTS) is 1. The Bertz CT molecular complexity index is 572. The lowest BCUT2D eigenvalue weighted by Gasteiger charge is -2.04. The van der Waals surface area contributed by atoms with Gasteiger partial charge in [0.05, 0.1) is 17.1 Å². The van der Waals surface area contributed by atoms with Gasteiger partial charge in [-0.15, -0.1) is 0 Å². The van der Waals surface area contributed by atoms with E-state index < -0.39 is 11.9 Å². The standard InChI is InChI=1S/C13H16N2O2/c1-4-11-14-12(9(3)13(16)17)10-7-5-6-8(2)15(10)11/h5-7,9H,4H2,1-3H3,(H,16,17). The molecule has 0 aliphatic heterocycles. The second kappa shape index (κ2) is 4.20. The number of imidazole rings is 1. The molecule has 0 saturated carbocycles. The third-order valence-electron chi connectivity index (χ3n) is 3.05. The number of aromatic nitrogens is 2. The summed E-state index contributed by atoms with van der Waals surface area (Å²) in [5.41, 5.74) is 2.63. The predicted octanol–water partition coefficient (Wildman–Crippen LogP) is 2.39. The van der Waals surface area contributed by atoms with Crippen molar-refractivity contribution in [2.75, 3.05) is 0 Å². The Kier molecular flexibility index (Phi) is 2.88. The molecular weight excluding hydrogens is 216 g/mol. The molecule has 1 unspecified atom stereocenters. The molecule has 17 heavy (non-hydrogen) atoms. The number of fused-ring (bicyclic) bond motifs is 1. The molecule has 0 amide bonds. The van der Waals surface area contributed by atoms with Crippen LogP contribution in [0.5, 0.6) is 0 Å². The Morgan fingerprint density at radius 1 is 1.53 bits per heavy atom. The van der Waals surface area contributed by atoms with Crippen LogP contribution in [0.2, 0.25) is 0 Å². The lowest BCUT2D eigenvalue weighted by atomic mass is 10.1. The van der Waals surface area contributed by atoms with Crippen molar-refractivity contribution in [3.8, 4) is 0 Å². The van der Waals surface area contributed by atoms with E-state index in [0.717, 1.165) is 23.5 Å². The van der Waals surface area contributed by atoms with Crippen LogP contribution in [0.1, 0.15) is 37.0 Å². The van der Waals surface area contributed by atoms with Crippen LogP contribution in [0.3, 0.4) is 0 Å². The summed E-state index contributed by atoms with van der Waals surface area (Å²) in [5, 5.41) is 9.10. The van der Waals surface area contributed by atoms with Crippen LogP contribution in [-0.2, 0) is 11.2 Å². The van der Waals surface area contributed by atoms with Gasteiger partial charge in [0.2, 0.25) is 0 Å². The summed E-state index contributed by atoms with van der Waals surface area (Å²) in [6.07, 6.45) is 0.790. The van der Waals surface area contributed by atoms with Crippen molar-refractivity contribution in [2.45, 2.75) is 33.1 Å². The Morgan fingerprint density at radius 3 is 2.82 bits per heavy atom. The Morgan fingerprint density at radius 2 is 2.24 bits per heavy atom. The van der Waals surface area contributed by atoms with Crippen LogP contribution in [0.25, 0.3) is 5.52 Å². The molecule has 2 aromatic heterocycles. The van der Waals surface area contributed by atoms with Crippen molar-refractivity contribution in [2.24, 2.45) is 0 Å². The molecule has 0 aliphatic rings. The van der Waals surface area contributed by atoms with Crippen LogP contribution in [0.4, 0.5) is 0 Å². The molecule has 2 aromatic rings. The highest BCUT2D eigenvalue weighted by Crippen LogP contribution is 2.23. The molecule has 1 atom stereocenters. The topological polar surface area (TPSA) is 54.6 Å². The molecule has 90 valence electrons. The van der Waals surface area contributed by atoms with Crippen LogP contribution >= 0.6 is 0 Å². The Balaban J connectivity index is 2.74. The second-order valence-corrected chi connectivity index (χ2v) is 4.21. The van der Waals surface area contributed by atoms with Gasteiger partial charge >= 0.3 is 5.97 Å². The van der Waals surface area contributed by atoms with Crippen LogP contribution in [-0.4, -0.2) is 20.5 Å². The predicted molar refractivity (Wildman–Crippen MR) is 65.4 cm³/mol. The molecule has 0 spiro atoms. The molecule has 2 rings (SSSR count). The summed E-state index contributed by atoms with van der Waals surface area (Å²) in [4.78, 5) is 15.5. The Labute approximate surface area is 99.9 Å². The second-order valence-electron chi connectivity index (χ2n) is 4.21. The minimum absolute atomic E-state index is 0.577. The van der Waals surface area contributed by atoms with Crippen molar-refractivity contribution in [1.29, 1.82) is 0 Å². The SMILES string of the molecule is CCc1nc(C(C)C(=O)O)c2cccc(C)n12. The number of aryl methyl sites for hydroxylation is 2. The fourth-order valence-corrected chi connectivity index (χ4v) is 2.08. The van der Waals surface area contributed by atoms with E-state index in [1.54, 1.807) is 6.92 Å². The van der Waals surface area contributed by atoms with Gasteiger partial charge in [-0.05, 0) is 26.0 Å². The van der Waals surface area contributed by atoms with Crippen LogP contribution in [0.15, 0.2) is 18.2 Å². The molecule has 1 N–H and O–H groups in total. The van der Waals surface area contributed by atoms with Gasteiger partial charge in [0.25, 0.3) is 0 Å². The van der Waals surface area contributed by atoms with Crippen molar-refractivity contribution in [3.05, 3.63) is 35.4 Å². The molecule has 0 radical (unpaired) electrons. The monoisotopic (exact) mass is 232 g/mol. The molecule has 2 heterocycles. The van der Waals surface area contributed by atoms with Crippen LogP contribution in [0, 0.1) is 6.92 Å². The molecule has 0 aromatic carbocycles. The third-order valence-corrected chi connectivity index (χ3v) is 3.05. The highest BCUT2D eigenvalue weighted by Gasteiger charge is 2.21. The summed E-state index contributed by atoms with van der Waals surface area (Å²) in [7, 11) is 0. The molecule has 0 saturated heterocycles. The number of rotatable bonds is 3. The van der Waals surface area contributed by atoms with Crippen molar-refractivity contribution in [3.63, 3.8) is 0 Å². The number of hydrogen-bond acceptors (Lipinski definition) is 2. The van der Waals surface area contributed by atoms with Gasteiger partial charge in [-0.1, -0.05) is 13.0 Å². The van der Waals surface area contributed by atoms with E-state index >= 15 is 0 Å². The van der Waals surface area contributed by atoms with Gasteiger partial charge < -0.3 is 9.51 Å². The normalized spacial score (nSPS) is 12.9. The first-order chi connectivity index (χ1) is 8.06. The first-order valence-electron chi connectivity index (χ1n) is 5.76. The summed E-state index contributed by atoms with van der Waals surface area (Å²) in [5.74, 6) is -0.498. The smallest absolute Gasteiger partial charge is 0.312 e. The fraction of sp³-hybridized carbons (Fsp3) is 0.385. The number of carbonyl (C=O) groups is 1. The lowest BCUT2D eigenvalue weighted by molar-refractivity contribution is -0.138. The number of aliphatic carboxylic acids is 1. The summed E-state index contributed by atoms with van der Waals surface area (Å²) in [6.45, 7) is 5.70. The quantitative estimate of drug-likeness (QED) is 0.884. The van der Waals surface area contributed by atoms with E-state index in [0.29, 0.717) is 5.69 Å². The zero-order valence-electron chi connectivity index (χ0n) is 10.3. The highest BCUT2D eigenvalue weighted by molar-refractivity contribution is 5.78. The van der Waals surface area contributed by atoms with E-state index in [1.165, 1.54) is 0 Å². The fourth-order valence-electron chi connectivity index (χ4n) is 2.08. The maximum absolute atomic E-state index is 11.1. The molecule has 4 nitrogen and oxygen atoms in total. The van der Waals surface area contributed by atoms with Gasteiger partial charge in [0.15, 0.2) is 0 Å². The van der Waals surface area contributed by atoms with E-state index in [2.05, 4.69) is 4.98 Å². The zero-order chi connectivity index (χ0) is 12.6. The minimum atomic E-state index is -0.839. The highest BCUT2D eigenvalue weighted by atomic mass is 16.4. The maximum Gasteiger partial charge on any atom is 0.312 e. The summed E-state index contributed by atoms with van der Waals surface area (Å²) in [6, 6.07) is 5.86. The molecule has 0 aliphatic carbocycles. The lowest BCUT2D eigenvalue weighted by Crippen LogP contribution is -2.08. The summed E-state index contributed by atoms with van der Waals surface area (Å²) >= 11 is 0. The molecule has 0 fully saturated rings. The van der Waals surface area contributed by atoms with Gasteiger partial charge in [0.1, 0.15) is 5.82 Å². The van der Waals surface area contributed by atoms with Crippen molar-refractivity contribution in [1.82, 2.24) is 9.38 Å². The minimum Gasteiger partial charge on any atom is -0.481 e. The number of hydrogen-bond donors (Lipinski definition) is 1. The van der Waals surface area contributed by atoms with Crippen LogP contribution < -0.4 is 0 Å².